The van der Waals surface area contributed by atoms with E-state index < -0.39 is 0 Å². The molecule has 1 aromatic rings. The number of ketones is 2. The number of Topliss-reactive ketones (excluding diaryl/α,β-unsaturated/α-hetero) is 2. The molecular weight excluding hydrogens is 354 g/mol. The first-order chi connectivity index (χ1) is 13.2. The molecule has 0 spiro atoms. The predicted molar refractivity (Wildman–Crippen MR) is 111 cm³/mol. The van der Waals surface area contributed by atoms with E-state index in [2.05, 4.69) is 5.16 Å². The number of aliphatic hydroxyl groups excluding tert-OH is 1. The van der Waals surface area contributed by atoms with Crippen LogP contribution in [-0.2, 0) is 9.63 Å². The number of benzene rings is 1. The first-order valence-corrected chi connectivity index (χ1v) is 9.98. The van der Waals surface area contributed by atoms with E-state index in [0.717, 1.165) is 28.7 Å². The normalized spacial score (nSPS) is 17.9. The van der Waals surface area contributed by atoms with Gasteiger partial charge in [0, 0.05) is 18.4 Å². The fourth-order valence-electron chi connectivity index (χ4n) is 4.39. The SMILES string of the molecule is CCC/C(=N\OCC)C1=C(O)CC(c2c(C)cc(C)c(C(C)=O)c2C)CC1=O. The zero-order valence-corrected chi connectivity index (χ0v) is 17.8. The van der Waals surface area contributed by atoms with Crippen LogP contribution >= 0.6 is 0 Å². The van der Waals surface area contributed by atoms with Crippen molar-refractivity contribution in [1.29, 1.82) is 0 Å². The van der Waals surface area contributed by atoms with Gasteiger partial charge in [-0.15, -0.1) is 0 Å². The van der Waals surface area contributed by atoms with Crippen molar-refractivity contribution in [1.82, 2.24) is 0 Å². The number of rotatable bonds is 7. The summed E-state index contributed by atoms with van der Waals surface area (Å²) in [7, 11) is 0. The molecule has 1 N–H and O–H groups in total. The molecule has 28 heavy (non-hydrogen) atoms. The Labute approximate surface area is 167 Å². The molecular formula is C23H31NO4. The Morgan fingerprint density at radius 2 is 1.89 bits per heavy atom. The third-order valence-electron chi connectivity index (χ3n) is 5.31. The Morgan fingerprint density at radius 1 is 1.21 bits per heavy atom. The van der Waals surface area contributed by atoms with Gasteiger partial charge in [0.1, 0.15) is 12.4 Å². The average Bonchev–Trinajstić information content (AvgIpc) is 2.58. The van der Waals surface area contributed by atoms with Crippen LogP contribution < -0.4 is 0 Å². The second kappa shape index (κ2) is 9.18. The first-order valence-electron chi connectivity index (χ1n) is 9.98. The minimum Gasteiger partial charge on any atom is -0.511 e. The Hall–Kier alpha value is -2.43. The standard InChI is InChI=1S/C23H31NO4/c1-7-9-18(24-28-8-2)23-19(26)11-17(12-20(23)27)22-14(4)10-13(3)21(15(22)5)16(6)25/h10,17,26H,7-9,11-12H2,1-6H3/b24-18+. The summed E-state index contributed by atoms with van der Waals surface area (Å²) in [6.07, 6.45) is 2.03. The van der Waals surface area contributed by atoms with Gasteiger partial charge in [0.25, 0.3) is 0 Å². The van der Waals surface area contributed by atoms with Crippen LogP contribution in [0.5, 0.6) is 0 Å². The summed E-state index contributed by atoms with van der Waals surface area (Å²) in [6, 6.07) is 2.00. The number of oxime groups is 1. The summed E-state index contributed by atoms with van der Waals surface area (Å²) in [6.45, 7) is 11.7. The van der Waals surface area contributed by atoms with Crippen LogP contribution in [0.15, 0.2) is 22.6 Å². The van der Waals surface area contributed by atoms with Crippen molar-refractivity contribution in [2.24, 2.45) is 5.16 Å². The Kier molecular flexibility index (Phi) is 7.17. The lowest BCUT2D eigenvalue weighted by molar-refractivity contribution is -0.116. The van der Waals surface area contributed by atoms with Crippen LogP contribution in [0.25, 0.3) is 0 Å². The summed E-state index contributed by atoms with van der Waals surface area (Å²) in [5, 5.41) is 14.8. The molecule has 152 valence electrons. The molecule has 5 heteroatoms. The van der Waals surface area contributed by atoms with Crippen molar-refractivity contribution in [3.8, 4) is 0 Å². The quantitative estimate of drug-likeness (QED) is 0.394. The molecule has 1 aliphatic rings. The van der Waals surface area contributed by atoms with Crippen molar-refractivity contribution in [3.63, 3.8) is 0 Å². The highest BCUT2D eigenvalue weighted by Crippen LogP contribution is 2.39. The van der Waals surface area contributed by atoms with E-state index in [1.165, 1.54) is 0 Å². The van der Waals surface area contributed by atoms with Crippen LogP contribution in [0.2, 0.25) is 0 Å². The van der Waals surface area contributed by atoms with E-state index >= 15 is 0 Å². The fourth-order valence-corrected chi connectivity index (χ4v) is 4.39. The van der Waals surface area contributed by atoms with Crippen LogP contribution in [0.1, 0.15) is 85.0 Å². The number of hydrogen-bond donors (Lipinski definition) is 1. The molecule has 0 saturated carbocycles. The molecule has 0 heterocycles. The van der Waals surface area contributed by atoms with Crippen molar-refractivity contribution in [2.45, 2.75) is 73.1 Å². The van der Waals surface area contributed by atoms with Gasteiger partial charge in [-0.3, -0.25) is 9.59 Å². The molecule has 0 radical (unpaired) electrons. The van der Waals surface area contributed by atoms with Gasteiger partial charge in [-0.1, -0.05) is 24.6 Å². The van der Waals surface area contributed by atoms with Gasteiger partial charge in [0.2, 0.25) is 0 Å². The van der Waals surface area contributed by atoms with E-state index in [-0.39, 0.29) is 29.7 Å². The van der Waals surface area contributed by atoms with E-state index in [0.29, 0.717) is 36.3 Å². The van der Waals surface area contributed by atoms with Crippen LogP contribution in [0, 0.1) is 20.8 Å². The summed E-state index contributed by atoms with van der Waals surface area (Å²) in [5.74, 6) is -0.181. The number of aryl methyl sites for hydroxylation is 2. The highest BCUT2D eigenvalue weighted by atomic mass is 16.6. The van der Waals surface area contributed by atoms with Gasteiger partial charge in [-0.05, 0) is 69.2 Å². The topological polar surface area (TPSA) is 76.0 Å². The molecule has 0 saturated heterocycles. The van der Waals surface area contributed by atoms with E-state index in [1.807, 2.05) is 40.7 Å². The molecule has 1 aromatic carbocycles. The highest BCUT2D eigenvalue weighted by Gasteiger charge is 2.33. The van der Waals surface area contributed by atoms with E-state index in [9.17, 15) is 14.7 Å². The molecule has 0 amide bonds. The zero-order chi connectivity index (χ0) is 21.0. The average molecular weight is 386 g/mol. The number of hydrogen-bond acceptors (Lipinski definition) is 5. The molecule has 0 fully saturated rings. The molecule has 0 aliphatic heterocycles. The molecule has 0 aromatic heterocycles. The van der Waals surface area contributed by atoms with Gasteiger partial charge < -0.3 is 9.94 Å². The largest absolute Gasteiger partial charge is 0.511 e. The maximum Gasteiger partial charge on any atom is 0.168 e. The second-order valence-electron chi connectivity index (χ2n) is 7.54. The lowest BCUT2D eigenvalue weighted by Crippen LogP contribution is -2.25. The van der Waals surface area contributed by atoms with Crippen molar-refractivity contribution in [2.75, 3.05) is 6.61 Å². The predicted octanol–water partition coefficient (Wildman–Crippen LogP) is 5.27. The number of nitrogens with zero attached hydrogens (tertiary/aromatic N) is 1. The van der Waals surface area contributed by atoms with Crippen molar-refractivity contribution < 1.29 is 19.5 Å². The Balaban J connectivity index is 2.49. The Bertz CT molecular complexity index is 849. The van der Waals surface area contributed by atoms with Gasteiger partial charge >= 0.3 is 0 Å². The summed E-state index contributed by atoms with van der Waals surface area (Å²) in [4.78, 5) is 30.2. The maximum atomic E-state index is 13.0. The molecule has 5 nitrogen and oxygen atoms in total. The van der Waals surface area contributed by atoms with E-state index in [1.54, 1.807) is 6.92 Å². The van der Waals surface area contributed by atoms with Gasteiger partial charge in [-0.25, -0.2) is 0 Å². The third kappa shape index (κ3) is 4.34. The molecule has 1 atom stereocenters. The number of carbonyl (C=O) groups excluding carboxylic acids is 2. The zero-order valence-electron chi connectivity index (χ0n) is 17.8. The second-order valence-corrected chi connectivity index (χ2v) is 7.54. The fraction of sp³-hybridized carbons (Fsp3) is 0.522. The lowest BCUT2D eigenvalue weighted by Gasteiger charge is -2.28. The summed E-state index contributed by atoms with van der Waals surface area (Å²) in [5.41, 5.74) is 5.44. The smallest absolute Gasteiger partial charge is 0.168 e. The molecule has 1 aliphatic carbocycles. The summed E-state index contributed by atoms with van der Waals surface area (Å²) < 4.78 is 0. The van der Waals surface area contributed by atoms with Crippen molar-refractivity contribution >= 4 is 17.3 Å². The number of carbonyl (C=O) groups is 2. The van der Waals surface area contributed by atoms with Crippen LogP contribution in [0.3, 0.4) is 0 Å². The summed E-state index contributed by atoms with van der Waals surface area (Å²) >= 11 is 0. The van der Waals surface area contributed by atoms with Gasteiger partial charge in [-0.2, -0.15) is 0 Å². The van der Waals surface area contributed by atoms with E-state index in [4.69, 9.17) is 4.84 Å². The number of aliphatic hydroxyl groups is 1. The Morgan fingerprint density at radius 3 is 2.43 bits per heavy atom. The minimum atomic E-state index is -0.148. The van der Waals surface area contributed by atoms with Crippen LogP contribution in [-0.4, -0.2) is 29.0 Å². The minimum absolute atomic E-state index is 0.0212. The molecule has 2 rings (SSSR count). The molecule has 1 unspecified atom stereocenters. The third-order valence-corrected chi connectivity index (χ3v) is 5.31. The first kappa shape index (κ1) is 21.9. The highest BCUT2D eigenvalue weighted by molar-refractivity contribution is 6.23. The molecule has 0 bridgehead atoms. The number of allylic oxidation sites excluding steroid dienone is 2. The van der Waals surface area contributed by atoms with Gasteiger partial charge in [0.15, 0.2) is 11.6 Å². The monoisotopic (exact) mass is 385 g/mol. The lowest BCUT2D eigenvalue weighted by atomic mass is 9.76. The van der Waals surface area contributed by atoms with Crippen LogP contribution in [0.4, 0.5) is 0 Å². The maximum absolute atomic E-state index is 13.0. The van der Waals surface area contributed by atoms with Gasteiger partial charge in [0.05, 0.1) is 11.3 Å². The van der Waals surface area contributed by atoms with Crippen molar-refractivity contribution in [3.05, 3.63) is 45.2 Å².